The first-order chi connectivity index (χ1) is 14.7. The number of hydrogen-bond donors (Lipinski definition) is 1. The summed E-state index contributed by atoms with van der Waals surface area (Å²) in [7, 11) is 0. The normalized spacial score (nSPS) is 22.6. The zero-order chi connectivity index (χ0) is 22.3. The lowest BCUT2D eigenvalue weighted by Gasteiger charge is -2.41. The number of nitrogens with one attached hydrogen (secondary N) is 1. The van der Waals surface area contributed by atoms with Gasteiger partial charge in [-0.1, -0.05) is 38.1 Å². The summed E-state index contributed by atoms with van der Waals surface area (Å²) in [5.41, 5.74) is 2.03. The van der Waals surface area contributed by atoms with E-state index in [2.05, 4.69) is 10.3 Å². The number of carbonyl (C=O) groups excluding carboxylic acids is 2. The van der Waals surface area contributed by atoms with Crippen molar-refractivity contribution in [3.63, 3.8) is 0 Å². The van der Waals surface area contributed by atoms with Crippen LogP contribution < -0.4 is 5.32 Å². The zero-order valence-electron chi connectivity index (χ0n) is 17.7. The summed E-state index contributed by atoms with van der Waals surface area (Å²) in [6, 6.07) is 11.7. The highest BCUT2D eigenvalue weighted by atomic mass is 19.1. The van der Waals surface area contributed by atoms with Crippen LogP contribution in [0.4, 0.5) is 14.5 Å². The molecule has 0 unspecified atom stereocenters. The van der Waals surface area contributed by atoms with Gasteiger partial charge in [0.15, 0.2) is 0 Å². The van der Waals surface area contributed by atoms with Crippen molar-refractivity contribution in [1.29, 1.82) is 0 Å². The number of carbonyl (C=O) groups is 2. The van der Waals surface area contributed by atoms with Gasteiger partial charge in [-0.2, -0.15) is 0 Å². The highest BCUT2D eigenvalue weighted by molar-refractivity contribution is 6.14. The molecule has 1 aliphatic carbocycles. The quantitative estimate of drug-likeness (QED) is 0.718. The van der Waals surface area contributed by atoms with E-state index in [1.807, 2.05) is 13.8 Å². The molecule has 2 aromatic rings. The fourth-order valence-electron chi connectivity index (χ4n) is 4.67. The number of aliphatic imine (C=N–C) groups is 1. The summed E-state index contributed by atoms with van der Waals surface area (Å²) in [5, 5.41) is 2.62. The molecule has 2 aromatic carbocycles. The molecule has 1 amide bonds. The third-order valence-electron chi connectivity index (χ3n) is 5.96. The lowest BCUT2D eigenvalue weighted by molar-refractivity contribution is -0.124. The third-order valence-corrected chi connectivity index (χ3v) is 5.96. The molecule has 4 rings (SSSR count). The molecule has 0 bridgehead atoms. The standard InChI is InChI=1S/C25H24F2N2O2/c1-14-21(24(31)29-18-7-5-4-6-17(18)27)22(15-8-10-16(26)11-9-15)23-19(28-14)12-25(2,3)13-20(23)30/h4-11,22-23H,12-13H2,1-3H3,(H,29,31)/t22-,23+/m0/s1. The molecule has 160 valence electrons. The zero-order valence-corrected chi connectivity index (χ0v) is 17.7. The van der Waals surface area contributed by atoms with E-state index in [1.54, 1.807) is 25.1 Å². The number of rotatable bonds is 3. The number of hydrogen-bond acceptors (Lipinski definition) is 3. The van der Waals surface area contributed by atoms with Crippen molar-refractivity contribution < 1.29 is 18.4 Å². The number of allylic oxidation sites excluding steroid dienone is 1. The van der Waals surface area contributed by atoms with Crippen molar-refractivity contribution in [1.82, 2.24) is 0 Å². The molecule has 1 aliphatic heterocycles. The number of nitrogens with zero attached hydrogens (tertiary/aromatic N) is 1. The fraction of sp³-hybridized carbons (Fsp3) is 0.320. The van der Waals surface area contributed by atoms with Gasteiger partial charge in [-0.05, 0) is 48.6 Å². The maximum atomic E-state index is 14.1. The monoisotopic (exact) mass is 422 g/mol. The minimum Gasteiger partial charge on any atom is -0.320 e. The number of amides is 1. The Labute approximate surface area is 180 Å². The summed E-state index contributed by atoms with van der Waals surface area (Å²) in [4.78, 5) is 31.2. The smallest absolute Gasteiger partial charge is 0.254 e. The van der Waals surface area contributed by atoms with Crippen molar-refractivity contribution in [2.75, 3.05) is 5.32 Å². The molecule has 31 heavy (non-hydrogen) atoms. The summed E-state index contributed by atoms with van der Waals surface area (Å²) in [5.74, 6) is -2.66. The van der Waals surface area contributed by atoms with E-state index in [9.17, 15) is 18.4 Å². The van der Waals surface area contributed by atoms with E-state index in [-0.39, 0.29) is 16.9 Å². The second-order valence-electron chi connectivity index (χ2n) is 9.03. The highest BCUT2D eigenvalue weighted by Crippen LogP contribution is 2.47. The molecule has 2 atom stereocenters. The summed E-state index contributed by atoms with van der Waals surface area (Å²) < 4.78 is 27.7. The van der Waals surface area contributed by atoms with Gasteiger partial charge < -0.3 is 5.32 Å². The number of anilines is 1. The molecular formula is C25H24F2N2O2. The van der Waals surface area contributed by atoms with Crippen LogP contribution in [0, 0.1) is 23.0 Å². The first kappa shape index (κ1) is 21.1. The molecule has 1 heterocycles. The van der Waals surface area contributed by atoms with Crippen molar-refractivity contribution in [3.8, 4) is 0 Å². The maximum Gasteiger partial charge on any atom is 0.254 e. The SMILES string of the molecule is CC1=C(C(=O)Nc2ccccc2F)[C@H](c2ccc(F)cc2)[C@H]2C(=O)CC(C)(C)CC2=N1. The Morgan fingerprint density at radius 3 is 2.39 bits per heavy atom. The Morgan fingerprint density at radius 1 is 1.03 bits per heavy atom. The lowest BCUT2D eigenvalue weighted by atomic mass is 9.63. The van der Waals surface area contributed by atoms with Crippen LogP contribution in [0.3, 0.4) is 0 Å². The van der Waals surface area contributed by atoms with E-state index in [0.29, 0.717) is 29.7 Å². The predicted molar refractivity (Wildman–Crippen MR) is 116 cm³/mol. The van der Waals surface area contributed by atoms with Gasteiger partial charge in [0.05, 0.1) is 11.6 Å². The molecule has 0 spiro atoms. The molecule has 1 fully saturated rings. The first-order valence-corrected chi connectivity index (χ1v) is 10.3. The van der Waals surface area contributed by atoms with Crippen LogP contribution in [0.25, 0.3) is 0 Å². The largest absolute Gasteiger partial charge is 0.320 e. The van der Waals surface area contributed by atoms with Gasteiger partial charge in [-0.3, -0.25) is 14.6 Å². The molecule has 6 heteroatoms. The average molecular weight is 422 g/mol. The molecule has 0 saturated heterocycles. The molecular weight excluding hydrogens is 398 g/mol. The number of fused-ring (bicyclic) bond motifs is 1. The minimum atomic E-state index is -0.608. The van der Waals surface area contributed by atoms with Gasteiger partial charge >= 0.3 is 0 Å². The predicted octanol–water partition coefficient (Wildman–Crippen LogP) is 5.42. The Morgan fingerprint density at radius 2 is 1.71 bits per heavy atom. The van der Waals surface area contributed by atoms with Gasteiger partial charge in [-0.25, -0.2) is 8.78 Å². The van der Waals surface area contributed by atoms with Crippen molar-refractivity contribution in [2.45, 2.75) is 39.5 Å². The number of benzene rings is 2. The van der Waals surface area contributed by atoms with Crippen molar-refractivity contribution in [3.05, 3.63) is 77.0 Å². The van der Waals surface area contributed by atoms with Crippen LogP contribution in [0.1, 0.15) is 45.1 Å². The fourth-order valence-corrected chi connectivity index (χ4v) is 4.67. The van der Waals surface area contributed by atoms with Crippen LogP contribution in [0.5, 0.6) is 0 Å². The number of halogens is 2. The van der Waals surface area contributed by atoms with Crippen LogP contribution in [-0.4, -0.2) is 17.4 Å². The molecule has 2 aliphatic rings. The molecule has 0 radical (unpaired) electrons. The second-order valence-corrected chi connectivity index (χ2v) is 9.03. The highest BCUT2D eigenvalue weighted by Gasteiger charge is 2.47. The van der Waals surface area contributed by atoms with E-state index >= 15 is 0 Å². The molecule has 1 N–H and O–H groups in total. The molecule has 1 saturated carbocycles. The maximum absolute atomic E-state index is 14.1. The van der Waals surface area contributed by atoms with Gasteiger partial charge in [0.1, 0.15) is 17.4 Å². The Balaban J connectivity index is 1.82. The lowest BCUT2D eigenvalue weighted by Crippen LogP contribution is -2.44. The van der Waals surface area contributed by atoms with E-state index in [4.69, 9.17) is 0 Å². The van der Waals surface area contributed by atoms with E-state index < -0.39 is 29.4 Å². The van der Waals surface area contributed by atoms with Gasteiger partial charge in [0.2, 0.25) is 0 Å². The van der Waals surface area contributed by atoms with Crippen molar-refractivity contribution in [2.24, 2.45) is 16.3 Å². The average Bonchev–Trinajstić information content (AvgIpc) is 2.68. The third kappa shape index (κ3) is 4.07. The Bertz CT molecular complexity index is 1120. The topological polar surface area (TPSA) is 58.5 Å². The minimum absolute atomic E-state index is 0.00742. The van der Waals surface area contributed by atoms with Crippen molar-refractivity contribution >= 4 is 23.1 Å². The van der Waals surface area contributed by atoms with Gasteiger partial charge in [0.25, 0.3) is 5.91 Å². The van der Waals surface area contributed by atoms with Gasteiger partial charge in [0, 0.05) is 29.3 Å². The van der Waals surface area contributed by atoms with Crippen LogP contribution in [0.2, 0.25) is 0 Å². The van der Waals surface area contributed by atoms with Crippen LogP contribution in [-0.2, 0) is 9.59 Å². The Hall–Kier alpha value is -3.15. The van der Waals surface area contributed by atoms with E-state index in [1.165, 1.54) is 30.3 Å². The second kappa shape index (κ2) is 7.84. The number of ketones is 1. The summed E-state index contributed by atoms with van der Waals surface area (Å²) >= 11 is 0. The molecule has 0 aromatic heterocycles. The summed E-state index contributed by atoms with van der Waals surface area (Å²) in [6.07, 6.45) is 1.01. The van der Waals surface area contributed by atoms with Gasteiger partial charge in [-0.15, -0.1) is 0 Å². The Kier molecular flexibility index (Phi) is 5.33. The first-order valence-electron chi connectivity index (χ1n) is 10.3. The molecule has 4 nitrogen and oxygen atoms in total. The number of Topliss-reactive ketones (excluding diaryl/α,β-unsaturated/α-hetero) is 1. The van der Waals surface area contributed by atoms with Crippen LogP contribution >= 0.6 is 0 Å². The number of para-hydroxylation sites is 1. The van der Waals surface area contributed by atoms with E-state index in [0.717, 1.165) is 5.71 Å². The van der Waals surface area contributed by atoms with Crippen LogP contribution in [0.15, 0.2) is 64.8 Å². The summed E-state index contributed by atoms with van der Waals surface area (Å²) in [6.45, 7) is 5.77.